The molecule has 0 heterocycles. The van der Waals surface area contributed by atoms with Crippen LogP contribution in [0.2, 0.25) is 0 Å². The Morgan fingerprint density at radius 2 is 1.95 bits per heavy atom. The average Bonchev–Trinajstić information content (AvgIpc) is 2.49. The third-order valence-corrected chi connectivity index (χ3v) is 2.90. The number of nitrogens with zero attached hydrogens (tertiary/aromatic N) is 1. The number of hydrogen-bond donors (Lipinski definition) is 2. The molecule has 5 heteroatoms. The molecule has 2 aromatic rings. The number of methoxy groups -OCH3 is 1. The molecule has 21 heavy (non-hydrogen) atoms. The molecule has 1 amide bonds. The van der Waals surface area contributed by atoms with Gasteiger partial charge in [-0.05, 0) is 42.8 Å². The number of benzene rings is 2. The number of aryl methyl sites for hydroxylation is 1. The smallest absolute Gasteiger partial charge is 0.271 e. The molecule has 5 nitrogen and oxygen atoms in total. The predicted molar refractivity (Wildman–Crippen MR) is 80.9 cm³/mol. The van der Waals surface area contributed by atoms with Crippen molar-refractivity contribution in [3.05, 3.63) is 59.2 Å². The number of hydrazone groups is 1. The van der Waals surface area contributed by atoms with Crippen molar-refractivity contribution in [3.8, 4) is 11.5 Å². The second kappa shape index (κ2) is 6.56. The first-order chi connectivity index (χ1) is 10.1. The molecule has 2 rings (SSSR count). The lowest BCUT2D eigenvalue weighted by atomic mass is 10.1. The summed E-state index contributed by atoms with van der Waals surface area (Å²) >= 11 is 0. The van der Waals surface area contributed by atoms with Crippen molar-refractivity contribution >= 4 is 12.1 Å². The van der Waals surface area contributed by atoms with Gasteiger partial charge in [-0.3, -0.25) is 4.79 Å². The van der Waals surface area contributed by atoms with Crippen LogP contribution in [0.4, 0.5) is 0 Å². The third-order valence-electron chi connectivity index (χ3n) is 2.90. The lowest BCUT2D eigenvalue weighted by Gasteiger charge is -2.03. The molecule has 0 aliphatic carbocycles. The summed E-state index contributed by atoms with van der Waals surface area (Å²) < 4.78 is 4.99. The van der Waals surface area contributed by atoms with E-state index in [9.17, 15) is 9.90 Å². The van der Waals surface area contributed by atoms with E-state index < -0.39 is 0 Å². The molecular formula is C16H16N2O3. The summed E-state index contributed by atoms with van der Waals surface area (Å²) in [4.78, 5) is 11.8. The quantitative estimate of drug-likeness (QED) is 0.669. The number of nitrogens with one attached hydrogen (secondary N) is 1. The number of hydrogen-bond acceptors (Lipinski definition) is 4. The summed E-state index contributed by atoms with van der Waals surface area (Å²) in [6.45, 7) is 1.96. The van der Waals surface area contributed by atoms with Gasteiger partial charge in [0.1, 0.15) is 0 Å². The van der Waals surface area contributed by atoms with Crippen LogP contribution in [0.5, 0.6) is 11.5 Å². The zero-order valence-electron chi connectivity index (χ0n) is 11.8. The van der Waals surface area contributed by atoms with Crippen LogP contribution in [-0.4, -0.2) is 24.3 Å². The maximum absolute atomic E-state index is 11.8. The molecule has 0 saturated carbocycles. The van der Waals surface area contributed by atoms with Gasteiger partial charge >= 0.3 is 0 Å². The Morgan fingerprint density at radius 1 is 1.24 bits per heavy atom. The van der Waals surface area contributed by atoms with Crippen LogP contribution in [0.25, 0.3) is 0 Å². The Bertz CT molecular complexity index is 664. The third kappa shape index (κ3) is 3.82. The Balaban J connectivity index is 2.02. The highest BCUT2D eigenvalue weighted by Crippen LogP contribution is 2.25. The fourth-order valence-corrected chi connectivity index (χ4v) is 1.71. The van der Waals surface area contributed by atoms with Gasteiger partial charge in [-0.1, -0.05) is 17.7 Å². The number of carbonyl (C=O) groups excluding carboxylic acids is 1. The van der Waals surface area contributed by atoms with Gasteiger partial charge in [-0.2, -0.15) is 5.10 Å². The van der Waals surface area contributed by atoms with Gasteiger partial charge in [0.15, 0.2) is 11.5 Å². The molecule has 0 radical (unpaired) electrons. The van der Waals surface area contributed by atoms with E-state index in [2.05, 4.69) is 10.5 Å². The van der Waals surface area contributed by atoms with Gasteiger partial charge < -0.3 is 9.84 Å². The topological polar surface area (TPSA) is 70.9 Å². The van der Waals surface area contributed by atoms with Gasteiger partial charge in [-0.15, -0.1) is 0 Å². The number of aromatic hydroxyl groups is 1. The highest BCUT2D eigenvalue weighted by molar-refractivity contribution is 5.94. The molecule has 0 saturated heterocycles. The van der Waals surface area contributed by atoms with Crippen LogP contribution in [0.3, 0.4) is 0 Å². The minimum atomic E-state index is -0.281. The summed E-state index contributed by atoms with van der Waals surface area (Å²) in [5, 5.41) is 13.4. The standard InChI is InChI=1S/C16H16N2O3/c1-11-3-6-13(7-4-11)16(20)18-17-10-12-5-8-14(19)15(9-12)21-2/h3-10,19H,1-2H3,(H,18,20)/b17-10-. The summed E-state index contributed by atoms with van der Waals surface area (Å²) in [7, 11) is 1.47. The van der Waals surface area contributed by atoms with E-state index in [1.54, 1.807) is 24.3 Å². The van der Waals surface area contributed by atoms with Crippen LogP contribution >= 0.6 is 0 Å². The minimum Gasteiger partial charge on any atom is -0.504 e. The lowest BCUT2D eigenvalue weighted by molar-refractivity contribution is 0.0955. The number of amides is 1. The summed E-state index contributed by atoms with van der Waals surface area (Å²) in [5.41, 5.74) is 4.78. The van der Waals surface area contributed by atoms with Crippen LogP contribution in [-0.2, 0) is 0 Å². The zero-order valence-corrected chi connectivity index (χ0v) is 11.8. The first kappa shape index (κ1) is 14.6. The van der Waals surface area contributed by atoms with E-state index in [0.29, 0.717) is 16.9 Å². The van der Waals surface area contributed by atoms with E-state index in [0.717, 1.165) is 5.56 Å². The van der Waals surface area contributed by atoms with E-state index >= 15 is 0 Å². The fourth-order valence-electron chi connectivity index (χ4n) is 1.71. The number of rotatable bonds is 4. The largest absolute Gasteiger partial charge is 0.504 e. The van der Waals surface area contributed by atoms with E-state index in [1.165, 1.54) is 19.4 Å². The number of phenols is 1. The van der Waals surface area contributed by atoms with Crippen molar-refractivity contribution in [2.24, 2.45) is 5.10 Å². The number of carbonyl (C=O) groups is 1. The van der Waals surface area contributed by atoms with Crippen molar-refractivity contribution in [1.82, 2.24) is 5.43 Å². The first-order valence-electron chi connectivity index (χ1n) is 6.37. The normalized spacial score (nSPS) is 10.6. The molecule has 0 atom stereocenters. The summed E-state index contributed by atoms with van der Waals surface area (Å²) in [6.07, 6.45) is 1.48. The Kier molecular flexibility index (Phi) is 4.56. The van der Waals surface area contributed by atoms with Gasteiger partial charge in [0, 0.05) is 5.56 Å². The van der Waals surface area contributed by atoms with Gasteiger partial charge in [0.25, 0.3) is 5.91 Å². The zero-order chi connectivity index (χ0) is 15.2. The monoisotopic (exact) mass is 284 g/mol. The van der Waals surface area contributed by atoms with Crippen molar-refractivity contribution in [2.45, 2.75) is 6.92 Å². The van der Waals surface area contributed by atoms with Crippen LogP contribution in [0.1, 0.15) is 21.5 Å². The van der Waals surface area contributed by atoms with Crippen molar-refractivity contribution in [1.29, 1.82) is 0 Å². The number of ether oxygens (including phenoxy) is 1. The molecule has 0 unspecified atom stereocenters. The molecule has 108 valence electrons. The molecule has 0 bridgehead atoms. The molecule has 2 N–H and O–H groups in total. The predicted octanol–water partition coefficient (Wildman–Crippen LogP) is 2.47. The van der Waals surface area contributed by atoms with Crippen LogP contribution < -0.4 is 10.2 Å². The molecule has 0 fully saturated rings. The van der Waals surface area contributed by atoms with Gasteiger partial charge in [0.05, 0.1) is 13.3 Å². The Labute approximate surface area is 122 Å². The van der Waals surface area contributed by atoms with Crippen molar-refractivity contribution < 1.29 is 14.6 Å². The lowest BCUT2D eigenvalue weighted by Crippen LogP contribution is -2.17. The molecule has 2 aromatic carbocycles. The molecule has 0 aliphatic heterocycles. The second-order valence-electron chi connectivity index (χ2n) is 4.50. The molecule has 0 spiro atoms. The maximum Gasteiger partial charge on any atom is 0.271 e. The minimum absolute atomic E-state index is 0.0540. The van der Waals surface area contributed by atoms with Crippen molar-refractivity contribution in [2.75, 3.05) is 7.11 Å². The SMILES string of the molecule is COc1cc(/C=N\NC(=O)c2ccc(C)cc2)ccc1O. The molecule has 0 aromatic heterocycles. The molecular weight excluding hydrogens is 268 g/mol. The van der Waals surface area contributed by atoms with E-state index in [1.807, 2.05) is 19.1 Å². The highest BCUT2D eigenvalue weighted by Gasteiger charge is 2.03. The fraction of sp³-hybridized carbons (Fsp3) is 0.125. The Morgan fingerprint density at radius 3 is 2.62 bits per heavy atom. The Hall–Kier alpha value is -2.82. The van der Waals surface area contributed by atoms with Crippen LogP contribution in [0.15, 0.2) is 47.6 Å². The maximum atomic E-state index is 11.8. The summed E-state index contributed by atoms with van der Waals surface area (Å²) in [5.74, 6) is 0.124. The highest BCUT2D eigenvalue weighted by atomic mass is 16.5. The first-order valence-corrected chi connectivity index (χ1v) is 6.37. The van der Waals surface area contributed by atoms with Gasteiger partial charge in [0.2, 0.25) is 0 Å². The average molecular weight is 284 g/mol. The summed E-state index contributed by atoms with van der Waals surface area (Å²) in [6, 6.07) is 12.0. The molecule has 0 aliphatic rings. The van der Waals surface area contributed by atoms with E-state index in [-0.39, 0.29) is 11.7 Å². The van der Waals surface area contributed by atoms with Crippen molar-refractivity contribution in [3.63, 3.8) is 0 Å². The van der Waals surface area contributed by atoms with E-state index in [4.69, 9.17) is 4.74 Å². The van der Waals surface area contributed by atoms with Gasteiger partial charge in [-0.25, -0.2) is 5.43 Å². The van der Waals surface area contributed by atoms with Crippen LogP contribution in [0, 0.1) is 6.92 Å². The second-order valence-corrected chi connectivity index (χ2v) is 4.50. The number of phenolic OH excluding ortho intramolecular Hbond substituents is 1.